The van der Waals surface area contributed by atoms with E-state index in [9.17, 15) is 4.79 Å². The minimum atomic E-state index is 0.0511. The summed E-state index contributed by atoms with van der Waals surface area (Å²) >= 11 is 0. The smallest absolute Gasteiger partial charge is 0.224 e. The number of methoxy groups -OCH3 is 2. The Morgan fingerprint density at radius 2 is 1.86 bits per heavy atom. The number of benzene rings is 1. The Balaban J connectivity index is 2.44. The Bertz CT molecular complexity index is 460. The number of unbranched alkanes of at least 4 members (excludes halogenated alkanes) is 3. The molecule has 0 aliphatic rings. The molecule has 0 bridgehead atoms. The first-order valence-electron chi connectivity index (χ1n) is 8.11. The van der Waals surface area contributed by atoms with E-state index in [-0.39, 0.29) is 11.9 Å². The van der Waals surface area contributed by atoms with Gasteiger partial charge in [0.05, 0.1) is 20.6 Å². The van der Waals surface area contributed by atoms with Crippen molar-refractivity contribution < 1.29 is 14.3 Å². The predicted molar refractivity (Wildman–Crippen MR) is 89.6 cm³/mol. The molecule has 4 heteroatoms. The minimum Gasteiger partial charge on any atom is -0.493 e. The molecule has 0 aliphatic carbocycles. The van der Waals surface area contributed by atoms with Crippen LogP contribution >= 0.6 is 0 Å². The lowest BCUT2D eigenvalue weighted by Gasteiger charge is -2.14. The van der Waals surface area contributed by atoms with Gasteiger partial charge in [-0.15, -0.1) is 0 Å². The van der Waals surface area contributed by atoms with Crippen LogP contribution in [0.3, 0.4) is 0 Å². The number of amides is 1. The third-order valence-corrected chi connectivity index (χ3v) is 3.71. The first kappa shape index (κ1) is 18.3. The number of hydrogen-bond donors (Lipinski definition) is 1. The minimum absolute atomic E-state index is 0.0511. The molecule has 0 heterocycles. The van der Waals surface area contributed by atoms with Gasteiger partial charge in [-0.1, -0.05) is 38.7 Å². The fourth-order valence-electron chi connectivity index (χ4n) is 2.45. The van der Waals surface area contributed by atoms with E-state index in [0.29, 0.717) is 17.9 Å². The summed E-state index contributed by atoms with van der Waals surface area (Å²) in [5.74, 6) is 1.38. The average molecular weight is 307 g/mol. The van der Waals surface area contributed by atoms with E-state index in [4.69, 9.17) is 9.47 Å². The van der Waals surface area contributed by atoms with E-state index in [2.05, 4.69) is 19.2 Å². The Morgan fingerprint density at radius 3 is 2.50 bits per heavy atom. The van der Waals surface area contributed by atoms with Crippen LogP contribution in [0, 0.1) is 0 Å². The van der Waals surface area contributed by atoms with Gasteiger partial charge in [-0.3, -0.25) is 4.79 Å². The number of carbonyl (C=O) groups excluding carboxylic acids is 1. The Morgan fingerprint density at radius 1 is 1.14 bits per heavy atom. The molecule has 0 spiro atoms. The maximum absolute atomic E-state index is 12.1. The van der Waals surface area contributed by atoms with Gasteiger partial charge in [0.15, 0.2) is 11.5 Å². The highest BCUT2D eigenvalue weighted by molar-refractivity contribution is 5.79. The molecule has 1 N–H and O–H groups in total. The Kier molecular flexibility index (Phi) is 8.41. The first-order chi connectivity index (χ1) is 10.6. The monoisotopic (exact) mass is 307 g/mol. The highest BCUT2D eigenvalue weighted by Crippen LogP contribution is 2.27. The molecule has 0 aromatic heterocycles. The number of nitrogens with one attached hydrogen (secondary N) is 1. The van der Waals surface area contributed by atoms with Crippen molar-refractivity contribution in [3.05, 3.63) is 23.8 Å². The molecule has 0 fully saturated rings. The van der Waals surface area contributed by atoms with Crippen LogP contribution in [-0.2, 0) is 11.2 Å². The fourth-order valence-corrected chi connectivity index (χ4v) is 2.45. The Labute approximate surface area is 134 Å². The molecule has 1 rings (SSSR count). The van der Waals surface area contributed by atoms with Crippen LogP contribution in [-0.4, -0.2) is 26.2 Å². The van der Waals surface area contributed by atoms with Gasteiger partial charge in [-0.2, -0.15) is 0 Å². The van der Waals surface area contributed by atoms with Crippen LogP contribution in [0.25, 0.3) is 0 Å². The molecular weight excluding hydrogens is 278 g/mol. The summed E-state index contributed by atoms with van der Waals surface area (Å²) in [6, 6.07) is 5.80. The molecule has 0 radical (unpaired) electrons. The van der Waals surface area contributed by atoms with E-state index in [1.165, 1.54) is 25.7 Å². The van der Waals surface area contributed by atoms with Gasteiger partial charge in [-0.25, -0.2) is 0 Å². The third kappa shape index (κ3) is 6.37. The summed E-state index contributed by atoms with van der Waals surface area (Å²) in [6.45, 7) is 4.27. The number of rotatable bonds is 10. The van der Waals surface area contributed by atoms with E-state index in [0.717, 1.165) is 12.0 Å². The molecule has 0 aliphatic heterocycles. The lowest BCUT2D eigenvalue weighted by Crippen LogP contribution is -2.33. The maximum Gasteiger partial charge on any atom is 0.224 e. The molecule has 0 saturated carbocycles. The summed E-state index contributed by atoms with van der Waals surface area (Å²) < 4.78 is 10.5. The molecule has 1 amide bonds. The van der Waals surface area contributed by atoms with Crippen molar-refractivity contribution in [2.75, 3.05) is 14.2 Å². The number of ether oxygens (including phenoxy) is 2. The van der Waals surface area contributed by atoms with Crippen LogP contribution in [0.15, 0.2) is 18.2 Å². The summed E-state index contributed by atoms with van der Waals surface area (Å²) in [7, 11) is 3.20. The SMILES string of the molecule is CCCCCC[C@H](C)NC(=O)Cc1ccc(OC)c(OC)c1. The number of carbonyl (C=O) groups is 1. The molecule has 124 valence electrons. The zero-order chi connectivity index (χ0) is 16.4. The highest BCUT2D eigenvalue weighted by Gasteiger charge is 2.10. The van der Waals surface area contributed by atoms with Crippen molar-refractivity contribution in [3.63, 3.8) is 0 Å². The second-order valence-corrected chi connectivity index (χ2v) is 5.68. The van der Waals surface area contributed by atoms with Crippen molar-refractivity contribution >= 4 is 5.91 Å². The second kappa shape index (κ2) is 10.1. The van der Waals surface area contributed by atoms with Crippen molar-refractivity contribution in [1.82, 2.24) is 5.32 Å². The molecule has 0 unspecified atom stereocenters. The van der Waals surface area contributed by atoms with Crippen LogP contribution < -0.4 is 14.8 Å². The molecule has 0 saturated heterocycles. The number of hydrogen-bond acceptors (Lipinski definition) is 3. The normalized spacial score (nSPS) is 11.8. The molecule has 1 aromatic carbocycles. The van der Waals surface area contributed by atoms with Gasteiger partial charge in [0.1, 0.15) is 0 Å². The van der Waals surface area contributed by atoms with E-state index >= 15 is 0 Å². The average Bonchev–Trinajstić information content (AvgIpc) is 2.51. The summed E-state index contributed by atoms with van der Waals surface area (Å²) in [5.41, 5.74) is 0.924. The van der Waals surface area contributed by atoms with E-state index in [1.807, 2.05) is 18.2 Å². The van der Waals surface area contributed by atoms with Crippen LogP contribution in [0.2, 0.25) is 0 Å². The zero-order valence-electron chi connectivity index (χ0n) is 14.3. The fraction of sp³-hybridized carbons (Fsp3) is 0.611. The van der Waals surface area contributed by atoms with Gasteiger partial charge < -0.3 is 14.8 Å². The van der Waals surface area contributed by atoms with Gasteiger partial charge in [0, 0.05) is 6.04 Å². The first-order valence-corrected chi connectivity index (χ1v) is 8.11. The zero-order valence-corrected chi connectivity index (χ0v) is 14.3. The standard InChI is InChI=1S/C18H29NO3/c1-5-6-7-8-9-14(2)19-18(20)13-15-10-11-16(21-3)17(12-15)22-4/h10-12,14H,5-9,13H2,1-4H3,(H,19,20)/t14-/m0/s1. The van der Waals surface area contributed by atoms with E-state index < -0.39 is 0 Å². The highest BCUT2D eigenvalue weighted by atomic mass is 16.5. The molecule has 1 atom stereocenters. The van der Waals surface area contributed by atoms with Crippen molar-refractivity contribution in [2.24, 2.45) is 0 Å². The third-order valence-electron chi connectivity index (χ3n) is 3.71. The largest absolute Gasteiger partial charge is 0.493 e. The molecular formula is C18H29NO3. The van der Waals surface area contributed by atoms with Crippen molar-refractivity contribution in [2.45, 2.75) is 58.4 Å². The topological polar surface area (TPSA) is 47.6 Å². The van der Waals surface area contributed by atoms with E-state index in [1.54, 1.807) is 14.2 Å². The maximum atomic E-state index is 12.1. The summed E-state index contributed by atoms with van der Waals surface area (Å²) in [6.07, 6.45) is 6.32. The summed E-state index contributed by atoms with van der Waals surface area (Å²) in [4.78, 5) is 12.1. The Hall–Kier alpha value is -1.71. The van der Waals surface area contributed by atoms with Crippen LogP contribution in [0.5, 0.6) is 11.5 Å². The van der Waals surface area contributed by atoms with Crippen molar-refractivity contribution in [1.29, 1.82) is 0 Å². The van der Waals surface area contributed by atoms with Gasteiger partial charge in [-0.05, 0) is 31.0 Å². The molecule has 4 nitrogen and oxygen atoms in total. The molecule has 1 aromatic rings. The lowest BCUT2D eigenvalue weighted by atomic mass is 10.1. The predicted octanol–water partition coefficient (Wildman–Crippen LogP) is 3.72. The van der Waals surface area contributed by atoms with Crippen molar-refractivity contribution in [3.8, 4) is 11.5 Å². The van der Waals surface area contributed by atoms with Crippen LogP contribution in [0.1, 0.15) is 51.5 Å². The second-order valence-electron chi connectivity index (χ2n) is 5.68. The van der Waals surface area contributed by atoms with Gasteiger partial charge in [0.2, 0.25) is 5.91 Å². The summed E-state index contributed by atoms with van der Waals surface area (Å²) in [5, 5.41) is 3.06. The van der Waals surface area contributed by atoms with Gasteiger partial charge >= 0.3 is 0 Å². The molecule has 22 heavy (non-hydrogen) atoms. The van der Waals surface area contributed by atoms with Crippen LogP contribution in [0.4, 0.5) is 0 Å². The van der Waals surface area contributed by atoms with Gasteiger partial charge in [0.25, 0.3) is 0 Å². The lowest BCUT2D eigenvalue weighted by molar-refractivity contribution is -0.121. The quantitative estimate of drug-likeness (QED) is 0.670.